The molecular formula is C7H10N4O. The molecule has 0 radical (unpaired) electrons. The van der Waals surface area contributed by atoms with Crippen molar-refractivity contribution in [1.82, 2.24) is 9.55 Å². The molecule has 0 saturated carbocycles. The van der Waals surface area contributed by atoms with Crippen molar-refractivity contribution in [2.24, 2.45) is 12.0 Å². The Bertz CT molecular complexity index is 309. The SMILES string of the molecule is Cn1cnc(N)c1C1=NCCO1. The van der Waals surface area contributed by atoms with E-state index >= 15 is 0 Å². The minimum atomic E-state index is 0.471. The monoisotopic (exact) mass is 166 g/mol. The van der Waals surface area contributed by atoms with Crippen molar-refractivity contribution < 1.29 is 4.74 Å². The molecule has 2 rings (SSSR count). The molecule has 0 aliphatic carbocycles. The van der Waals surface area contributed by atoms with Gasteiger partial charge in [0, 0.05) is 7.05 Å². The highest BCUT2D eigenvalue weighted by Gasteiger charge is 2.17. The van der Waals surface area contributed by atoms with Crippen LogP contribution in [0.1, 0.15) is 5.69 Å². The molecule has 5 nitrogen and oxygen atoms in total. The predicted octanol–water partition coefficient (Wildman–Crippen LogP) is -0.221. The summed E-state index contributed by atoms with van der Waals surface area (Å²) in [6.45, 7) is 1.35. The molecule has 1 aromatic rings. The molecule has 0 fully saturated rings. The smallest absolute Gasteiger partial charge is 0.237 e. The van der Waals surface area contributed by atoms with E-state index in [1.807, 2.05) is 7.05 Å². The number of nitrogen functional groups attached to an aromatic ring is 1. The summed E-state index contributed by atoms with van der Waals surface area (Å²) in [7, 11) is 1.86. The van der Waals surface area contributed by atoms with E-state index in [1.54, 1.807) is 10.9 Å². The van der Waals surface area contributed by atoms with Crippen molar-refractivity contribution in [3.8, 4) is 0 Å². The number of anilines is 1. The fourth-order valence-electron chi connectivity index (χ4n) is 1.19. The number of nitrogens with zero attached hydrogens (tertiary/aromatic N) is 3. The van der Waals surface area contributed by atoms with Gasteiger partial charge in [-0.25, -0.2) is 9.98 Å². The summed E-state index contributed by atoms with van der Waals surface area (Å²) in [5.41, 5.74) is 6.40. The van der Waals surface area contributed by atoms with Crippen molar-refractivity contribution in [1.29, 1.82) is 0 Å². The Hall–Kier alpha value is -1.52. The summed E-state index contributed by atoms with van der Waals surface area (Å²) < 4.78 is 7.07. The highest BCUT2D eigenvalue weighted by Crippen LogP contribution is 2.12. The zero-order chi connectivity index (χ0) is 8.55. The van der Waals surface area contributed by atoms with Gasteiger partial charge in [-0.3, -0.25) is 0 Å². The lowest BCUT2D eigenvalue weighted by atomic mass is 10.4. The number of hydrogen-bond acceptors (Lipinski definition) is 4. The topological polar surface area (TPSA) is 65.4 Å². The fourth-order valence-corrected chi connectivity index (χ4v) is 1.19. The summed E-state index contributed by atoms with van der Waals surface area (Å²) >= 11 is 0. The Morgan fingerprint density at radius 3 is 3.00 bits per heavy atom. The van der Waals surface area contributed by atoms with Gasteiger partial charge >= 0.3 is 0 Å². The zero-order valence-electron chi connectivity index (χ0n) is 6.82. The Morgan fingerprint density at radius 1 is 1.67 bits per heavy atom. The van der Waals surface area contributed by atoms with Crippen LogP contribution < -0.4 is 5.73 Å². The number of aromatic nitrogens is 2. The van der Waals surface area contributed by atoms with Crippen LogP contribution in [0.25, 0.3) is 0 Å². The van der Waals surface area contributed by atoms with E-state index in [-0.39, 0.29) is 0 Å². The standard InChI is InChI=1S/C7H10N4O/c1-11-4-10-6(8)5(11)7-9-2-3-12-7/h4H,2-3,8H2,1H3. The third-order valence-electron chi connectivity index (χ3n) is 1.75. The average molecular weight is 166 g/mol. The lowest BCUT2D eigenvalue weighted by Gasteiger charge is -2.02. The van der Waals surface area contributed by atoms with Gasteiger partial charge in [0.05, 0.1) is 12.9 Å². The van der Waals surface area contributed by atoms with E-state index in [4.69, 9.17) is 10.5 Å². The number of hydrogen-bond donors (Lipinski definition) is 1. The second-order valence-electron chi connectivity index (χ2n) is 2.62. The van der Waals surface area contributed by atoms with Crippen LogP contribution in [0.15, 0.2) is 11.3 Å². The van der Waals surface area contributed by atoms with E-state index in [0.717, 1.165) is 5.69 Å². The molecule has 1 aromatic heterocycles. The molecule has 0 saturated heterocycles. The van der Waals surface area contributed by atoms with Crippen LogP contribution in [0.4, 0.5) is 5.82 Å². The van der Waals surface area contributed by atoms with Gasteiger partial charge in [0.2, 0.25) is 5.90 Å². The number of aryl methyl sites for hydroxylation is 1. The van der Waals surface area contributed by atoms with E-state index in [0.29, 0.717) is 24.9 Å². The Kier molecular flexibility index (Phi) is 1.49. The molecule has 64 valence electrons. The molecule has 0 unspecified atom stereocenters. The number of ether oxygens (including phenoxy) is 1. The van der Waals surface area contributed by atoms with Crippen LogP contribution in [0.2, 0.25) is 0 Å². The third-order valence-corrected chi connectivity index (χ3v) is 1.75. The van der Waals surface area contributed by atoms with Gasteiger partial charge in [0.1, 0.15) is 12.3 Å². The molecule has 0 atom stereocenters. The van der Waals surface area contributed by atoms with Crippen molar-refractivity contribution in [3.63, 3.8) is 0 Å². The largest absolute Gasteiger partial charge is 0.474 e. The highest BCUT2D eigenvalue weighted by atomic mass is 16.5. The van der Waals surface area contributed by atoms with Crippen LogP contribution in [0.5, 0.6) is 0 Å². The number of nitrogens with two attached hydrogens (primary N) is 1. The summed E-state index contributed by atoms with van der Waals surface area (Å²) in [6.07, 6.45) is 1.65. The summed E-state index contributed by atoms with van der Waals surface area (Å²) in [4.78, 5) is 8.09. The molecule has 0 amide bonds. The average Bonchev–Trinajstić information content (AvgIpc) is 2.61. The summed E-state index contributed by atoms with van der Waals surface area (Å²) in [6, 6.07) is 0. The van der Waals surface area contributed by atoms with Crippen molar-refractivity contribution >= 4 is 11.7 Å². The van der Waals surface area contributed by atoms with E-state index in [1.165, 1.54) is 0 Å². The molecule has 2 heterocycles. The van der Waals surface area contributed by atoms with E-state index in [2.05, 4.69) is 9.98 Å². The first-order valence-corrected chi connectivity index (χ1v) is 3.73. The van der Waals surface area contributed by atoms with Gasteiger partial charge in [-0.05, 0) is 0 Å². The molecule has 12 heavy (non-hydrogen) atoms. The number of imidazole rings is 1. The molecule has 0 aromatic carbocycles. The Labute approximate surface area is 69.9 Å². The van der Waals surface area contributed by atoms with E-state index < -0.39 is 0 Å². The third kappa shape index (κ3) is 0.939. The molecule has 1 aliphatic heterocycles. The Morgan fingerprint density at radius 2 is 2.50 bits per heavy atom. The molecule has 0 bridgehead atoms. The van der Waals surface area contributed by atoms with Gasteiger partial charge in [0.15, 0.2) is 5.82 Å². The van der Waals surface area contributed by atoms with Gasteiger partial charge in [-0.1, -0.05) is 0 Å². The molecule has 0 spiro atoms. The molecule has 5 heteroatoms. The maximum atomic E-state index is 5.63. The van der Waals surface area contributed by atoms with Gasteiger partial charge in [-0.15, -0.1) is 0 Å². The zero-order valence-corrected chi connectivity index (χ0v) is 6.82. The van der Waals surface area contributed by atoms with Gasteiger partial charge < -0.3 is 15.0 Å². The first-order valence-electron chi connectivity index (χ1n) is 3.73. The van der Waals surface area contributed by atoms with Crippen LogP contribution in [-0.4, -0.2) is 28.6 Å². The maximum absolute atomic E-state index is 5.63. The second-order valence-corrected chi connectivity index (χ2v) is 2.62. The minimum Gasteiger partial charge on any atom is -0.474 e. The molecule has 2 N–H and O–H groups in total. The van der Waals surface area contributed by atoms with Crippen LogP contribution in [-0.2, 0) is 11.8 Å². The van der Waals surface area contributed by atoms with Gasteiger partial charge in [0.25, 0.3) is 0 Å². The summed E-state index contributed by atoms with van der Waals surface area (Å²) in [5, 5.41) is 0. The minimum absolute atomic E-state index is 0.471. The maximum Gasteiger partial charge on any atom is 0.237 e. The van der Waals surface area contributed by atoms with Crippen molar-refractivity contribution in [2.45, 2.75) is 0 Å². The fraction of sp³-hybridized carbons (Fsp3) is 0.429. The first kappa shape index (κ1) is 7.15. The molecular weight excluding hydrogens is 156 g/mol. The van der Waals surface area contributed by atoms with Crippen molar-refractivity contribution in [3.05, 3.63) is 12.0 Å². The number of rotatable bonds is 1. The number of aliphatic imine (C=N–C) groups is 1. The lowest BCUT2D eigenvalue weighted by Crippen LogP contribution is -2.09. The normalized spacial score (nSPS) is 15.9. The first-order chi connectivity index (χ1) is 5.79. The quantitative estimate of drug-likeness (QED) is 0.627. The van der Waals surface area contributed by atoms with Crippen molar-refractivity contribution in [2.75, 3.05) is 18.9 Å². The summed E-state index contributed by atoms with van der Waals surface area (Å²) in [5.74, 6) is 1.07. The predicted molar refractivity (Wildman–Crippen MR) is 45.0 cm³/mol. The lowest BCUT2D eigenvalue weighted by molar-refractivity contribution is 0.346. The second kappa shape index (κ2) is 2.51. The van der Waals surface area contributed by atoms with Crippen LogP contribution in [0.3, 0.4) is 0 Å². The molecule has 1 aliphatic rings. The Balaban J connectivity index is 2.44. The van der Waals surface area contributed by atoms with Gasteiger partial charge in [-0.2, -0.15) is 0 Å². The van der Waals surface area contributed by atoms with Crippen LogP contribution in [0, 0.1) is 0 Å². The highest BCUT2D eigenvalue weighted by molar-refractivity contribution is 5.97. The van der Waals surface area contributed by atoms with E-state index in [9.17, 15) is 0 Å². The van der Waals surface area contributed by atoms with Crippen LogP contribution >= 0.6 is 0 Å².